The monoisotopic (exact) mass is 363 g/mol. The molecule has 0 amide bonds. The number of hydrogen-bond donors (Lipinski definition) is 1. The zero-order chi connectivity index (χ0) is 18.5. The third-order valence-corrected chi connectivity index (χ3v) is 5.58. The molecular formula is C22H29N5. The zero-order valence-electron chi connectivity index (χ0n) is 16.2. The molecule has 2 aliphatic rings. The first kappa shape index (κ1) is 17.8. The fourth-order valence-electron chi connectivity index (χ4n) is 4.06. The first-order valence-electron chi connectivity index (χ1n) is 10.1. The Morgan fingerprint density at radius 3 is 2.70 bits per heavy atom. The highest BCUT2D eigenvalue weighted by Gasteiger charge is 2.18. The third-order valence-electron chi connectivity index (χ3n) is 5.58. The smallest absolute Gasteiger partial charge is 0.194 e. The fraction of sp³-hybridized carbons (Fsp3) is 0.455. The molecule has 5 nitrogen and oxygen atoms in total. The molecule has 2 aliphatic heterocycles. The normalized spacial score (nSPS) is 17.6. The summed E-state index contributed by atoms with van der Waals surface area (Å²) in [6, 6.07) is 13.0. The van der Waals surface area contributed by atoms with Gasteiger partial charge in [0.1, 0.15) is 5.82 Å². The van der Waals surface area contributed by atoms with E-state index in [1.807, 2.05) is 13.2 Å². The molecule has 0 saturated carbocycles. The number of hydrogen-bond acceptors (Lipinski definition) is 3. The molecule has 1 fully saturated rings. The lowest BCUT2D eigenvalue weighted by atomic mass is 10.0. The van der Waals surface area contributed by atoms with E-state index in [-0.39, 0.29) is 0 Å². The lowest BCUT2D eigenvalue weighted by molar-refractivity contribution is 0.378. The fourth-order valence-corrected chi connectivity index (χ4v) is 4.06. The van der Waals surface area contributed by atoms with Crippen molar-refractivity contribution in [2.24, 2.45) is 4.99 Å². The Morgan fingerprint density at radius 2 is 1.89 bits per heavy atom. The van der Waals surface area contributed by atoms with Crippen LogP contribution in [0.3, 0.4) is 0 Å². The van der Waals surface area contributed by atoms with Crippen LogP contribution >= 0.6 is 0 Å². The number of fused-ring (bicyclic) bond motifs is 1. The second kappa shape index (κ2) is 8.42. The Bertz CT molecular complexity index is 795. The number of anilines is 1. The van der Waals surface area contributed by atoms with Crippen LogP contribution < -0.4 is 10.2 Å². The van der Waals surface area contributed by atoms with Crippen molar-refractivity contribution in [1.82, 2.24) is 15.2 Å². The average molecular weight is 364 g/mol. The maximum atomic E-state index is 4.58. The van der Waals surface area contributed by atoms with Crippen molar-refractivity contribution in [3.05, 3.63) is 59.3 Å². The average Bonchev–Trinajstić information content (AvgIpc) is 2.75. The highest BCUT2D eigenvalue weighted by Crippen LogP contribution is 2.20. The van der Waals surface area contributed by atoms with Crippen LogP contribution in [0.15, 0.2) is 47.6 Å². The summed E-state index contributed by atoms with van der Waals surface area (Å²) >= 11 is 0. The highest BCUT2D eigenvalue weighted by atomic mass is 15.3. The second-order valence-corrected chi connectivity index (χ2v) is 7.41. The lowest BCUT2D eigenvalue weighted by Crippen LogP contribution is -2.43. The minimum atomic E-state index is 0.772. The number of guanidine groups is 1. The minimum absolute atomic E-state index is 0.772. The second-order valence-electron chi connectivity index (χ2n) is 7.41. The molecular weight excluding hydrogens is 334 g/mol. The van der Waals surface area contributed by atoms with E-state index in [2.05, 4.69) is 61.5 Å². The summed E-state index contributed by atoms with van der Waals surface area (Å²) < 4.78 is 0. The van der Waals surface area contributed by atoms with E-state index < -0.39 is 0 Å². The van der Waals surface area contributed by atoms with E-state index in [9.17, 15) is 0 Å². The van der Waals surface area contributed by atoms with Gasteiger partial charge in [-0.3, -0.25) is 4.99 Å². The van der Waals surface area contributed by atoms with Gasteiger partial charge in [0.25, 0.3) is 0 Å². The summed E-state index contributed by atoms with van der Waals surface area (Å²) in [6.45, 7) is 4.95. The molecule has 2 aromatic rings. The molecule has 1 N–H and O–H groups in total. The van der Waals surface area contributed by atoms with Crippen LogP contribution in [0.25, 0.3) is 0 Å². The van der Waals surface area contributed by atoms with Crippen molar-refractivity contribution in [2.45, 2.75) is 38.8 Å². The summed E-state index contributed by atoms with van der Waals surface area (Å²) in [6.07, 6.45) is 6.89. The molecule has 1 saturated heterocycles. The van der Waals surface area contributed by atoms with Crippen LogP contribution in [0.1, 0.15) is 36.0 Å². The van der Waals surface area contributed by atoms with Crippen molar-refractivity contribution >= 4 is 11.8 Å². The SMILES string of the molecule is CN=C(NCc1ccnc(N2CCCCC2)c1)N1CCc2ccccc2C1. The summed E-state index contributed by atoms with van der Waals surface area (Å²) in [5.41, 5.74) is 4.12. The van der Waals surface area contributed by atoms with E-state index in [1.54, 1.807) is 0 Å². The molecule has 4 rings (SSSR count). The summed E-state index contributed by atoms with van der Waals surface area (Å²) in [7, 11) is 1.87. The number of pyridine rings is 1. The summed E-state index contributed by atoms with van der Waals surface area (Å²) in [5, 5.41) is 3.55. The van der Waals surface area contributed by atoms with Gasteiger partial charge in [0.15, 0.2) is 5.96 Å². The molecule has 3 heterocycles. The Hall–Kier alpha value is -2.56. The Labute approximate surface area is 162 Å². The van der Waals surface area contributed by atoms with Gasteiger partial charge in [-0.05, 0) is 54.5 Å². The molecule has 1 aromatic heterocycles. The van der Waals surface area contributed by atoms with Gasteiger partial charge >= 0.3 is 0 Å². The molecule has 5 heteroatoms. The molecule has 0 aliphatic carbocycles. The molecule has 0 unspecified atom stereocenters. The topological polar surface area (TPSA) is 43.8 Å². The predicted octanol–water partition coefficient (Wildman–Crippen LogP) is 3.21. The number of aliphatic imine (C=N–C) groups is 1. The van der Waals surface area contributed by atoms with E-state index in [1.165, 1.54) is 36.0 Å². The van der Waals surface area contributed by atoms with Crippen LogP contribution in [0.2, 0.25) is 0 Å². The predicted molar refractivity (Wildman–Crippen MR) is 111 cm³/mol. The number of nitrogens with one attached hydrogen (secondary N) is 1. The molecule has 0 spiro atoms. The summed E-state index contributed by atoms with van der Waals surface area (Å²) in [5.74, 6) is 2.08. The van der Waals surface area contributed by atoms with Crippen molar-refractivity contribution in [3.63, 3.8) is 0 Å². The van der Waals surface area contributed by atoms with Gasteiger partial charge in [0.05, 0.1) is 0 Å². The third kappa shape index (κ3) is 4.24. The van der Waals surface area contributed by atoms with Gasteiger partial charge in [0, 0.05) is 46.0 Å². The van der Waals surface area contributed by atoms with Gasteiger partial charge in [-0.15, -0.1) is 0 Å². The van der Waals surface area contributed by atoms with E-state index in [4.69, 9.17) is 0 Å². The van der Waals surface area contributed by atoms with Crippen LogP contribution in [-0.2, 0) is 19.5 Å². The molecule has 0 atom stereocenters. The Kier molecular flexibility index (Phi) is 5.56. The van der Waals surface area contributed by atoms with Gasteiger partial charge in [-0.25, -0.2) is 4.98 Å². The van der Waals surface area contributed by atoms with E-state index in [0.717, 1.165) is 50.9 Å². The zero-order valence-corrected chi connectivity index (χ0v) is 16.2. The van der Waals surface area contributed by atoms with Crippen LogP contribution in [0.5, 0.6) is 0 Å². The maximum absolute atomic E-state index is 4.58. The standard InChI is InChI=1S/C22H29N5/c1-23-22(27-14-10-19-7-3-4-8-20(19)17-27)25-16-18-9-11-24-21(15-18)26-12-5-2-6-13-26/h3-4,7-9,11,15H,2,5-6,10,12-14,16-17H2,1H3,(H,23,25). The Morgan fingerprint density at radius 1 is 1.07 bits per heavy atom. The van der Waals surface area contributed by atoms with Gasteiger partial charge in [-0.2, -0.15) is 0 Å². The van der Waals surface area contributed by atoms with Crippen LogP contribution in [0.4, 0.5) is 5.82 Å². The number of piperidine rings is 1. The maximum Gasteiger partial charge on any atom is 0.194 e. The first-order valence-corrected chi connectivity index (χ1v) is 10.1. The minimum Gasteiger partial charge on any atom is -0.357 e. The lowest BCUT2D eigenvalue weighted by Gasteiger charge is -2.31. The quantitative estimate of drug-likeness (QED) is 0.672. The molecule has 142 valence electrons. The molecule has 0 radical (unpaired) electrons. The van der Waals surface area contributed by atoms with Crippen molar-refractivity contribution < 1.29 is 0 Å². The first-order chi connectivity index (χ1) is 13.3. The van der Waals surface area contributed by atoms with E-state index >= 15 is 0 Å². The number of aromatic nitrogens is 1. The number of benzene rings is 1. The van der Waals surface area contributed by atoms with Crippen molar-refractivity contribution in [3.8, 4) is 0 Å². The largest absolute Gasteiger partial charge is 0.357 e. The van der Waals surface area contributed by atoms with Crippen LogP contribution in [0, 0.1) is 0 Å². The molecule has 27 heavy (non-hydrogen) atoms. The van der Waals surface area contributed by atoms with Gasteiger partial charge in [-0.1, -0.05) is 24.3 Å². The van der Waals surface area contributed by atoms with Gasteiger partial charge < -0.3 is 15.1 Å². The number of rotatable bonds is 3. The van der Waals surface area contributed by atoms with Crippen molar-refractivity contribution in [1.29, 1.82) is 0 Å². The summed E-state index contributed by atoms with van der Waals surface area (Å²) in [4.78, 5) is 13.8. The molecule has 0 bridgehead atoms. The van der Waals surface area contributed by atoms with Crippen LogP contribution in [-0.4, -0.2) is 42.5 Å². The van der Waals surface area contributed by atoms with E-state index in [0.29, 0.717) is 0 Å². The molecule has 1 aromatic carbocycles. The van der Waals surface area contributed by atoms with Gasteiger partial charge in [0.2, 0.25) is 0 Å². The number of nitrogens with zero attached hydrogens (tertiary/aromatic N) is 4. The Balaban J connectivity index is 1.39. The van der Waals surface area contributed by atoms with Crippen molar-refractivity contribution in [2.75, 3.05) is 31.6 Å². The highest BCUT2D eigenvalue weighted by molar-refractivity contribution is 5.80.